The first-order valence-electron chi connectivity index (χ1n) is 8.75. The van der Waals surface area contributed by atoms with Crippen LogP contribution in [0.1, 0.15) is 27.6 Å². The fourth-order valence-electron chi connectivity index (χ4n) is 3.01. The van der Waals surface area contributed by atoms with Crippen LogP contribution in [0.4, 0.5) is 5.69 Å². The van der Waals surface area contributed by atoms with Crippen molar-refractivity contribution in [2.75, 3.05) is 38.0 Å². The first kappa shape index (κ1) is 18.4. The topological polar surface area (TPSA) is 52.7 Å². The number of carbonyl (C=O) groups excluding carboxylic acids is 2. The maximum absolute atomic E-state index is 12.7. The minimum Gasteiger partial charge on any atom is -0.336 e. The summed E-state index contributed by atoms with van der Waals surface area (Å²) in [7, 11) is 0. The highest BCUT2D eigenvalue weighted by molar-refractivity contribution is 6.31. The van der Waals surface area contributed by atoms with Crippen molar-refractivity contribution in [3.63, 3.8) is 0 Å². The summed E-state index contributed by atoms with van der Waals surface area (Å²) in [6, 6.07) is 13.8. The number of carbonyl (C=O) groups is 2. The van der Waals surface area contributed by atoms with Crippen LogP contribution in [0.5, 0.6) is 0 Å². The van der Waals surface area contributed by atoms with Gasteiger partial charge in [0.2, 0.25) is 0 Å². The number of halogens is 1. The molecule has 2 amide bonds. The second-order valence-corrected chi connectivity index (χ2v) is 6.71. The minimum atomic E-state index is -0.266. The summed E-state index contributed by atoms with van der Waals surface area (Å²) >= 11 is 5.94. The van der Waals surface area contributed by atoms with Gasteiger partial charge in [-0.25, -0.2) is 0 Å². The smallest absolute Gasteiger partial charge is 0.255 e. The van der Waals surface area contributed by atoms with Gasteiger partial charge in [-0.3, -0.25) is 9.59 Å². The van der Waals surface area contributed by atoms with E-state index in [0.717, 1.165) is 19.6 Å². The van der Waals surface area contributed by atoms with Gasteiger partial charge in [0.15, 0.2) is 0 Å². The minimum absolute atomic E-state index is 0.0295. The van der Waals surface area contributed by atoms with E-state index < -0.39 is 0 Å². The molecule has 136 valence electrons. The Morgan fingerprint density at radius 3 is 2.38 bits per heavy atom. The monoisotopic (exact) mass is 371 g/mol. The Labute approximate surface area is 158 Å². The van der Waals surface area contributed by atoms with Crippen molar-refractivity contribution in [3.05, 3.63) is 64.7 Å². The zero-order valence-corrected chi connectivity index (χ0v) is 15.5. The number of rotatable bonds is 4. The van der Waals surface area contributed by atoms with Gasteiger partial charge >= 0.3 is 0 Å². The molecule has 6 heteroatoms. The molecule has 5 nitrogen and oxygen atoms in total. The highest BCUT2D eigenvalue weighted by Gasteiger charge is 2.22. The van der Waals surface area contributed by atoms with Gasteiger partial charge < -0.3 is 15.1 Å². The number of likely N-dealkylation sites (N-methyl/N-ethyl adjacent to an activating group) is 1. The van der Waals surface area contributed by atoms with Crippen molar-refractivity contribution in [1.82, 2.24) is 9.80 Å². The first-order chi connectivity index (χ1) is 12.6. The van der Waals surface area contributed by atoms with Crippen molar-refractivity contribution in [1.29, 1.82) is 0 Å². The third-order valence-corrected chi connectivity index (χ3v) is 4.80. The second-order valence-electron chi connectivity index (χ2n) is 6.27. The molecule has 2 aromatic rings. The molecule has 0 saturated carbocycles. The van der Waals surface area contributed by atoms with E-state index >= 15 is 0 Å². The zero-order valence-electron chi connectivity index (χ0n) is 14.7. The van der Waals surface area contributed by atoms with Gasteiger partial charge in [0.25, 0.3) is 11.8 Å². The molecule has 1 aliphatic rings. The molecule has 1 aliphatic heterocycles. The Morgan fingerprint density at radius 1 is 1.00 bits per heavy atom. The number of hydrogen-bond donors (Lipinski definition) is 1. The fraction of sp³-hybridized carbons (Fsp3) is 0.300. The molecule has 0 spiro atoms. The Bertz CT molecular complexity index is 801. The number of benzene rings is 2. The molecule has 1 fully saturated rings. The van der Waals surface area contributed by atoms with Crippen molar-refractivity contribution < 1.29 is 9.59 Å². The molecule has 0 atom stereocenters. The molecule has 0 aliphatic carbocycles. The molecule has 0 radical (unpaired) electrons. The van der Waals surface area contributed by atoms with Crippen LogP contribution < -0.4 is 5.32 Å². The van der Waals surface area contributed by atoms with Crippen LogP contribution in [0.15, 0.2) is 48.5 Å². The van der Waals surface area contributed by atoms with Crippen molar-refractivity contribution in [3.8, 4) is 0 Å². The van der Waals surface area contributed by atoms with E-state index in [9.17, 15) is 9.59 Å². The lowest BCUT2D eigenvalue weighted by atomic mass is 10.1. The van der Waals surface area contributed by atoms with Gasteiger partial charge in [0, 0.05) is 48.0 Å². The molecule has 0 bridgehead atoms. The molecule has 0 aromatic heterocycles. The van der Waals surface area contributed by atoms with Crippen LogP contribution in [0, 0.1) is 0 Å². The standard InChI is InChI=1S/C20H22ClN3O2/c1-2-23-9-11-24(12-10-23)20(26)16-6-3-5-15(13-16)19(25)22-18-8-4-7-17(21)14-18/h3-8,13-14H,2,9-12H2,1H3,(H,22,25). The van der Waals surface area contributed by atoms with Gasteiger partial charge in [0.1, 0.15) is 0 Å². The van der Waals surface area contributed by atoms with Gasteiger partial charge in [0.05, 0.1) is 0 Å². The van der Waals surface area contributed by atoms with Gasteiger partial charge in [-0.2, -0.15) is 0 Å². The van der Waals surface area contributed by atoms with E-state index in [-0.39, 0.29) is 11.8 Å². The van der Waals surface area contributed by atoms with E-state index in [1.54, 1.807) is 48.5 Å². The first-order valence-corrected chi connectivity index (χ1v) is 9.13. The van der Waals surface area contributed by atoms with E-state index in [1.165, 1.54) is 0 Å². The predicted molar refractivity (Wildman–Crippen MR) is 104 cm³/mol. The highest BCUT2D eigenvalue weighted by Crippen LogP contribution is 2.17. The quantitative estimate of drug-likeness (QED) is 0.896. The van der Waals surface area contributed by atoms with E-state index in [0.29, 0.717) is 34.9 Å². The normalized spacial score (nSPS) is 14.9. The Balaban J connectivity index is 1.69. The number of nitrogens with zero attached hydrogens (tertiary/aromatic N) is 2. The Hall–Kier alpha value is -2.37. The third kappa shape index (κ3) is 4.42. The number of anilines is 1. The van der Waals surface area contributed by atoms with Crippen molar-refractivity contribution in [2.45, 2.75) is 6.92 Å². The van der Waals surface area contributed by atoms with Crippen LogP contribution in [0.25, 0.3) is 0 Å². The lowest BCUT2D eigenvalue weighted by Gasteiger charge is -2.34. The largest absolute Gasteiger partial charge is 0.336 e. The lowest BCUT2D eigenvalue weighted by Crippen LogP contribution is -2.48. The SMILES string of the molecule is CCN1CCN(C(=O)c2cccc(C(=O)Nc3cccc(Cl)c3)c2)CC1. The van der Waals surface area contributed by atoms with Gasteiger partial charge in [-0.15, -0.1) is 0 Å². The van der Waals surface area contributed by atoms with Crippen LogP contribution in [-0.4, -0.2) is 54.3 Å². The lowest BCUT2D eigenvalue weighted by molar-refractivity contribution is 0.0643. The number of hydrogen-bond acceptors (Lipinski definition) is 3. The molecular formula is C20H22ClN3O2. The van der Waals surface area contributed by atoms with Crippen LogP contribution >= 0.6 is 11.6 Å². The van der Waals surface area contributed by atoms with E-state index in [4.69, 9.17) is 11.6 Å². The predicted octanol–water partition coefficient (Wildman–Crippen LogP) is 3.37. The molecule has 26 heavy (non-hydrogen) atoms. The summed E-state index contributed by atoms with van der Waals surface area (Å²) in [5.41, 5.74) is 1.60. The maximum Gasteiger partial charge on any atom is 0.255 e. The zero-order chi connectivity index (χ0) is 18.5. The van der Waals surface area contributed by atoms with Crippen LogP contribution in [0.3, 0.4) is 0 Å². The summed E-state index contributed by atoms with van der Waals surface area (Å²) < 4.78 is 0. The maximum atomic E-state index is 12.7. The highest BCUT2D eigenvalue weighted by atomic mass is 35.5. The van der Waals surface area contributed by atoms with Gasteiger partial charge in [-0.1, -0.05) is 30.7 Å². The molecule has 0 unspecified atom stereocenters. The summed E-state index contributed by atoms with van der Waals surface area (Å²) in [5.74, 6) is -0.295. The second kappa shape index (κ2) is 8.34. The summed E-state index contributed by atoms with van der Waals surface area (Å²) in [6.07, 6.45) is 0. The van der Waals surface area contributed by atoms with Crippen molar-refractivity contribution >= 4 is 29.1 Å². The molecule has 1 N–H and O–H groups in total. The molecular weight excluding hydrogens is 350 g/mol. The average molecular weight is 372 g/mol. The van der Waals surface area contributed by atoms with E-state index in [1.807, 2.05) is 4.90 Å². The van der Waals surface area contributed by atoms with Crippen molar-refractivity contribution in [2.24, 2.45) is 0 Å². The molecule has 2 aromatic carbocycles. The average Bonchev–Trinajstić information content (AvgIpc) is 2.67. The van der Waals surface area contributed by atoms with Gasteiger partial charge in [-0.05, 0) is 42.9 Å². The summed E-state index contributed by atoms with van der Waals surface area (Å²) in [5, 5.41) is 3.36. The van der Waals surface area contributed by atoms with E-state index in [2.05, 4.69) is 17.1 Å². The fourth-order valence-corrected chi connectivity index (χ4v) is 3.20. The van der Waals surface area contributed by atoms with Crippen LogP contribution in [-0.2, 0) is 0 Å². The van der Waals surface area contributed by atoms with Crippen LogP contribution in [0.2, 0.25) is 5.02 Å². The summed E-state index contributed by atoms with van der Waals surface area (Å²) in [4.78, 5) is 29.4. The number of amides is 2. The number of nitrogens with one attached hydrogen (secondary N) is 1. The Kier molecular flexibility index (Phi) is 5.91. The summed E-state index contributed by atoms with van der Waals surface area (Å²) in [6.45, 7) is 6.33. The molecule has 1 heterocycles. The molecule has 1 saturated heterocycles. The number of piperazine rings is 1. The Morgan fingerprint density at radius 2 is 1.69 bits per heavy atom. The third-order valence-electron chi connectivity index (χ3n) is 4.56. The molecule has 3 rings (SSSR count).